The van der Waals surface area contributed by atoms with E-state index in [9.17, 15) is 9.59 Å². The normalized spacial score (nSPS) is 13.0. The maximum atomic E-state index is 11.9. The minimum atomic E-state index is -0.767. The lowest BCUT2D eigenvalue weighted by Crippen LogP contribution is -2.29. The van der Waals surface area contributed by atoms with Crippen LogP contribution in [0.5, 0.6) is 0 Å². The minimum Gasteiger partial charge on any atom is -0.481 e. The Morgan fingerprint density at radius 2 is 2.05 bits per heavy atom. The lowest BCUT2D eigenvalue weighted by Gasteiger charge is -2.30. The van der Waals surface area contributed by atoms with Gasteiger partial charge in [0.05, 0.1) is 9.35 Å². The van der Waals surface area contributed by atoms with Crippen LogP contribution in [0.15, 0.2) is 15.2 Å². The zero-order valence-electron chi connectivity index (χ0n) is 12.6. The Hall–Kier alpha value is -0.880. The first-order valence-corrected chi connectivity index (χ1v) is 8.61. The van der Waals surface area contributed by atoms with Gasteiger partial charge in [-0.1, -0.05) is 20.8 Å². The Bertz CT molecular complexity index is 493. The van der Waals surface area contributed by atoms with Gasteiger partial charge in [0.1, 0.15) is 0 Å². The van der Waals surface area contributed by atoms with Crippen molar-refractivity contribution in [3.63, 3.8) is 0 Å². The molecule has 0 aliphatic heterocycles. The Labute approximate surface area is 138 Å². The van der Waals surface area contributed by atoms with Crippen LogP contribution in [0.25, 0.3) is 0 Å². The summed E-state index contributed by atoms with van der Waals surface area (Å²) >= 11 is 4.81. The fourth-order valence-electron chi connectivity index (χ4n) is 2.20. The van der Waals surface area contributed by atoms with Gasteiger partial charge < -0.3 is 10.4 Å². The molecule has 1 aromatic heterocycles. The van der Waals surface area contributed by atoms with E-state index in [0.29, 0.717) is 18.5 Å². The highest BCUT2D eigenvalue weighted by Gasteiger charge is 2.25. The number of carboxylic acids is 1. The summed E-state index contributed by atoms with van der Waals surface area (Å²) in [5, 5.41) is 13.5. The molecule has 0 aliphatic rings. The largest absolute Gasteiger partial charge is 0.481 e. The average Bonchev–Trinajstić information content (AvgIpc) is 2.78. The fraction of sp³-hybridized carbons (Fsp3) is 0.600. The van der Waals surface area contributed by atoms with E-state index in [1.807, 2.05) is 5.38 Å². The van der Waals surface area contributed by atoms with Crippen LogP contribution in [0.4, 0.5) is 0 Å². The van der Waals surface area contributed by atoms with Gasteiger partial charge in [-0.3, -0.25) is 9.59 Å². The molecule has 0 fully saturated rings. The molecule has 21 heavy (non-hydrogen) atoms. The van der Waals surface area contributed by atoms with Crippen LogP contribution in [-0.2, 0) is 4.79 Å². The highest BCUT2D eigenvalue weighted by Crippen LogP contribution is 2.32. The third-order valence-corrected chi connectivity index (χ3v) is 5.04. The molecule has 4 nitrogen and oxygen atoms in total. The van der Waals surface area contributed by atoms with Crippen LogP contribution < -0.4 is 5.32 Å². The molecule has 1 rings (SSSR count). The van der Waals surface area contributed by atoms with Crippen LogP contribution >= 0.6 is 27.3 Å². The number of amides is 1. The van der Waals surface area contributed by atoms with E-state index in [4.69, 9.17) is 5.11 Å². The monoisotopic (exact) mass is 375 g/mol. The van der Waals surface area contributed by atoms with E-state index < -0.39 is 5.97 Å². The number of carbonyl (C=O) groups excluding carboxylic acids is 1. The third kappa shape index (κ3) is 6.61. The van der Waals surface area contributed by atoms with Crippen molar-refractivity contribution in [2.45, 2.75) is 40.0 Å². The smallest absolute Gasteiger partial charge is 0.303 e. The Morgan fingerprint density at radius 1 is 1.38 bits per heavy atom. The second-order valence-corrected chi connectivity index (χ2v) is 8.47. The Balaban J connectivity index is 2.46. The molecule has 1 aromatic rings. The maximum absolute atomic E-state index is 11.9. The Kier molecular flexibility index (Phi) is 6.87. The van der Waals surface area contributed by atoms with Crippen molar-refractivity contribution in [1.82, 2.24) is 5.32 Å². The summed E-state index contributed by atoms with van der Waals surface area (Å²) in [7, 11) is 0. The van der Waals surface area contributed by atoms with Crippen molar-refractivity contribution in [3.8, 4) is 0 Å². The van der Waals surface area contributed by atoms with Crippen LogP contribution in [0.1, 0.15) is 50.4 Å². The SMILES string of the molecule is CC(C)(C)C(CCNC(=O)c1csc(Br)c1)CCC(=O)O. The molecular weight excluding hydrogens is 354 g/mol. The molecule has 0 saturated heterocycles. The number of nitrogens with one attached hydrogen (secondary N) is 1. The molecule has 0 aliphatic carbocycles. The molecule has 6 heteroatoms. The van der Waals surface area contributed by atoms with Gasteiger partial charge in [-0.15, -0.1) is 11.3 Å². The number of rotatable bonds is 7. The first-order chi connectivity index (χ1) is 9.70. The number of hydrogen-bond acceptors (Lipinski definition) is 3. The molecule has 1 heterocycles. The predicted molar refractivity (Wildman–Crippen MR) is 88.8 cm³/mol. The van der Waals surface area contributed by atoms with Crippen molar-refractivity contribution >= 4 is 39.1 Å². The van der Waals surface area contributed by atoms with Crippen molar-refractivity contribution in [1.29, 1.82) is 0 Å². The number of hydrogen-bond donors (Lipinski definition) is 2. The number of carbonyl (C=O) groups is 2. The van der Waals surface area contributed by atoms with Gasteiger partial charge in [0, 0.05) is 18.3 Å². The van der Waals surface area contributed by atoms with E-state index in [2.05, 4.69) is 42.0 Å². The summed E-state index contributed by atoms with van der Waals surface area (Å²) < 4.78 is 0.932. The summed E-state index contributed by atoms with van der Waals surface area (Å²) in [6, 6.07) is 1.80. The first-order valence-electron chi connectivity index (χ1n) is 6.94. The van der Waals surface area contributed by atoms with E-state index in [1.54, 1.807) is 6.07 Å². The molecule has 0 spiro atoms. The first kappa shape index (κ1) is 18.2. The molecule has 1 unspecified atom stereocenters. The fourth-order valence-corrected chi connectivity index (χ4v) is 3.34. The van der Waals surface area contributed by atoms with E-state index in [-0.39, 0.29) is 23.7 Å². The summed E-state index contributed by atoms with van der Waals surface area (Å²) in [6.07, 6.45) is 1.60. The topological polar surface area (TPSA) is 66.4 Å². The summed E-state index contributed by atoms with van der Waals surface area (Å²) in [4.78, 5) is 22.7. The van der Waals surface area contributed by atoms with Crippen molar-refractivity contribution in [2.24, 2.45) is 11.3 Å². The molecule has 118 valence electrons. The van der Waals surface area contributed by atoms with Gasteiger partial charge in [-0.05, 0) is 46.2 Å². The lowest BCUT2D eigenvalue weighted by molar-refractivity contribution is -0.137. The molecule has 0 aromatic carbocycles. The zero-order valence-corrected chi connectivity index (χ0v) is 15.0. The summed E-state index contributed by atoms with van der Waals surface area (Å²) in [5.41, 5.74) is 0.690. The molecular formula is C15H22BrNO3S. The quantitative estimate of drug-likeness (QED) is 0.751. The summed E-state index contributed by atoms with van der Waals surface area (Å²) in [5.74, 6) is -0.581. The number of halogens is 1. The zero-order chi connectivity index (χ0) is 16.0. The lowest BCUT2D eigenvalue weighted by atomic mass is 9.76. The van der Waals surface area contributed by atoms with Gasteiger partial charge >= 0.3 is 5.97 Å². The van der Waals surface area contributed by atoms with Gasteiger partial charge in [-0.2, -0.15) is 0 Å². The second kappa shape index (κ2) is 7.94. The van der Waals surface area contributed by atoms with Gasteiger partial charge in [0.25, 0.3) is 5.91 Å². The van der Waals surface area contributed by atoms with Crippen LogP contribution in [0.2, 0.25) is 0 Å². The standard InChI is InChI=1S/C15H22BrNO3S/c1-15(2,3)11(4-5-13(18)19)6-7-17-14(20)10-8-12(16)21-9-10/h8-9,11H,4-7H2,1-3H3,(H,17,20)(H,18,19). The molecule has 0 saturated carbocycles. The van der Waals surface area contributed by atoms with Gasteiger partial charge in [0.2, 0.25) is 0 Å². The van der Waals surface area contributed by atoms with E-state index >= 15 is 0 Å². The van der Waals surface area contributed by atoms with Crippen LogP contribution in [-0.4, -0.2) is 23.5 Å². The molecule has 2 N–H and O–H groups in total. The average molecular weight is 376 g/mol. The third-order valence-electron chi connectivity index (χ3n) is 3.54. The molecule has 1 amide bonds. The van der Waals surface area contributed by atoms with Crippen molar-refractivity contribution in [2.75, 3.05) is 6.54 Å². The van der Waals surface area contributed by atoms with Gasteiger partial charge in [0.15, 0.2) is 0 Å². The maximum Gasteiger partial charge on any atom is 0.303 e. The second-order valence-electron chi connectivity index (χ2n) is 6.18. The predicted octanol–water partition coefficient (Wildman–Crippen LogP) is 4.16. The van der Waals surface area contributed by atoms with Gasteiger partial charge in [-0.25, -0.2) is 0 Å². The van der Waals surface area contributed by atoms with Crippen LogP contribution in [0.3, 0.4) is 0 Å². The van der Waals surface area contributed by atoms with E-state index in [0.717, 1.165) is 10.2 Å². The van der Waals surface area contributed by atoms with Crippen molar-refractivity contribution < 1.29 is 14.7 Å². The molecule has 1 atom stereocenters. The van der Waals surface area contributed by atoms with Crippen LogP contribution in [0, 0.1) is 11.3 Å². The number of thiophene rings is 1. The van der Waals surface area contributed by atoms with E-state index in [1.165, 1.54) is 11.3 Å². The number of aliphatic carboxylic acids is 1. The highest BCUT2D eigenvalue weighted by atomic mass is 79.9. The number of carboxylic acid groups (broad SMARTS) is 1. The molecule has 0 bridgehead atoms. The minimum absolute atomic E-state index is 0.0333. The van der Waals surface area contributed by atoms with Crippen molar-refractivity contribution in [3.05, 3.63) is 20.8 Å². The summed E-state index contributed by atoms with van der Waals surface area (Å²) in [6.45, 7) is 6.89. The Morgan fingerprint density at radius 3 is 2.52 bits per heavy atom. The molecule has 0 radical (unpaired) electrons. The highest BCUT2D eigenvalue weighted by molar-refractivity contribution is 9.11.